The number of aliphatic hydroxyl groups is 2. The first-order valence-corrected chi connectivity index (χ1v) is 28.2. The lowest BCUT2D eigenvalue weighted by molar-refractivity contribution is -0.301. The van der Waals surface area contributed by atoms with Crippen molar-refractivity contribution in [3.63, 3.8) is 0 Å². The summed E-state index contributed by atoms with van der Waals surface area (Å²) in [6, 6.07) is 0. The van der Waals surface area contributed by atoms with Crippen LogP contribution in [0.15, 0.2) is 134 Å². The molecule has 1 heterocycles. The van der Waals surface area contributed by atoms with Gasteiger partial charge in [-0.25, -0.2) is 4.79 Å². The summed E-state index contributed by atoms with van der Waals surface area (Å²) in [5.74, 6) is -3.40. The van der Waals surface area contributed by atoms with Crippen LogP contribution < -0.4 is 0 Å². The minimum Gasteiger partial charge on any atom is -0.479 e. The van der Waals surface area contributed by atoms with Gasteiger partial charge in [-0.15, -0.1) is 0 Å². The van der Waals surface area contributed by atoms with Gasteiger partial charge in [0.15, 0.2) is 24.6 Å². The Hall–Kier alpha value is -5.14. The van der Waals surface area contributed by atoms with Crippen LogP contribution in [-0.2, 0) is 42.9 Å². The summed E-state index contributed by atoms with van der Waals surface area (Å²) in [6.07, 6.45) is 57.5. The van der Waals surface area contributed by atoms with Crippen LogP contribution in [-0.4, -0.2) is 89.2 Å². The minimum atomic E-state index is -1.95. The Morgan fingerprint density at radius 3 is 1.40 bits per heavy atom. The highest BCUT2D eigenvalue weighted by Crippen LogP contribution is 2.26. The smallest absolute Gasteiger partial charge is 0.335 e. The molecule has 75 heavy (non-hydrogen) atoms. The number of carbonyl (C=O) groups is 4. The van der Waals surface area contributed by atoms with Gasteiger partial charge in [0.2, 0.25) is 0 Å². The third-order valence-electron chi connectivity index (χ3n) is 11.7. The molecule has 0 aromatic carbocycles. The van der Waals surface area contributed by atoms with Gasteiger partial charge in [0.05, 0.1) is 13.0 Å². The van der Waals surface area contributed by atoms with Gasteiger partial charge in [0, 0.05) is 12.8 Å². The van der Waals surface area contributed by atoms with Crippen LogP contribution in [0.3, 0.4) is 0 Å². The van der Waals surface area contributed by atoms with E-state index in [-0.39, 0.29) is 25.9 Å². The molecule has 0 bridgehead atoms. The van der Waals surface area contributed by atoms with E-state index in [9.17, 15) is 34.5 Å². The predicted octanol–water partition coefficient (Wildman–Crippen LogP) is 14.2. The number of carboxylic acid groups (broad SMARTS) is 1. The number of allylic oxidation sites excluding steroid dienone is 21. The molecule has 0 spiro atoms. The Morgan fingerprint density at radius 2 is 0.893 bits per heavy atom. The molecule has 1 rings (SSSR count). The number of hydrogen-bond donors (Lipinski definition) is 3. The highest BCUT2D eigenvalue weighted by molar-refractivity contribution is 5.74. The maximum Gasteiger partial charge on any atom is 0.335 e. The second-order valence-corrected chi connectivity index (χ2v) is 18.5. The Kier molecular flexibility index (Phi) is 45.0. The average molecular weight is 1050 g/mol. The van der Waals surface area contributed by atoms with E-state index in [0.29, 0.717) is 25.7 Å². The molecule has 1 aliphatic heterocycles. The molecule has 0 aromatic heterocycles. The summed E-state index contributed by atoms with van der Waals surface area (Å²) in [5.41, 5.74) is 0. The molecule has 6 atom stereocenters. The molecule has 420 valence electrons. The largest absolute Gasteiger partial charge is 0.479 e. The molecular weight excluding hydrogens is 949 g/mol. The highest BCUT2D eigenvalue weighted by atomic mass is 16.7. The molecule has 0 aromatic rings. The number of aliphatic carboxylic acids is 1. The molecule has 3 N–H and O–H groups in total. The first-order chi connectivity index (χ1) is 36.6. The van der Waals surface area contributed by atoms with Crippen molar-refractivity contribution in [2.24, 2.45) is 0 Å². The van der Waals surface area contributed by atoms with Crippen LogP contribution in [0.25, 0.3) is 0 Å². The average Bonchev–Trinajstić information content (AvgIpc) is 3.39. The van der Waals surface area contributed by atoms with Crippen molar-refractivity contribution in [1.29, 1.82) is 0 Å². The lowest BCUT2D eigenvalue weighted by Gasteiger charge is -2.40. The SMILES string of the molecule is CC/C=C\C/C=C\C/C=C\C/C=C\C/C=C\CCCC(=O)OCC(COC1OC(C(=O)O)C(O)C(O)C1OC(=O)C/C=C\C/C=C\C/C=C\C/C=C\C/C=C\CC)OC(=O)CCCCCCC/C=C\CCCCCC. The number of carboxylic acids is 1. The number of rotatable bonds is 45. The van der Waals surface area contributed by atoms with Crippen molar-refractivity contribution in [3.05, 3.63) is 134 Å². The Bertz CT molecular complexity index is 1810. The zero-order chi connectivity index (χ0) is 54.7. The summed E-state index contributed by atoms with van der Waals surface area (Å²) in [4.78, 5) is 50.9. The van der Waals surface area contributed by atoms with Crippen LogP contribution in [0.2, 0.25) is 0 Å². The zero-order valence-electron chi connectivity index (χ0n) is 46.0. The van der Waals surface area contributed by atoms with Crippen molar-refractivity contribution >= 4 is 23.9 Å². The van der Waals surface area contributed by atoms with Crippen molar-refractivity contribution in [1.82, 2.24) is 0 Å². The van der Waals surface area contributed by atoms with Gasteiger partial charge in [0.25, 0.3) is 0 Å². The van der Waals surface area contributed by atoms with Crippen molar-refractivity contribution in [3.8, 4) is 0 Å². The number of carbonyl (C=O) groups excluding carboxylic acids is 3. The second kappa shape index (κ2) is 49.7. The Morgan fingerprint density at radius 1 is 0.467 bits per heavy atom. The van der Waals surface area contributed by atoms with Gasteiger partial charge in [-0.05, 0) is 109 Å². The Balaban J connectivity index is 2.81. The number of unbranched alkanes of at least 4 members (excludes halogenated alkanes) is 10. The predicted molar refractivity (Wildman–Crippen MR) is 303 cm³/mol. The quantitative estimate of drug-likeness (QED) is 0.0228. The third-order valence-corrected chi connectivity index (χ3v) is 11.7. The molecule has 0 radical (unpaired) electrons. The number of ether oxygens (including phenoxy) is 5. The zero-order valence-corrected chi connectivity index (χ0v) is 46.0. The molecule has 0 saturated carbocycles. The van der Waals surface area contributed by atoms with Gasteiger partial charge in [-0.2, -0.15) is 0 Å². The lowest BCUT2D eigenvalue weighted by Crippen LogP contribution is -2.61. The second-order valence-electron chi connectivity index (χ2n) is 18.5. The molecule has 1 fully saturated rings. The van der Waals surface area contributed by atoms with Crippen LogP contribution >= 0.6 is 0 Å². The van der Waals surface area contributed by atoms with Crippen LogP contribution in [0.4, 0.5) is 0 Å². The summed E-state index contributed by atoms with van der Waals surface area (Å²) < 4.78 is 28.2. The molecule has 12 heteroatoms. The van der Waals surface area contributed by atoms with E-state index in [0.717, 1.165) is 96.3 Å². The molecule has 6 unspecified atom stereocenters. The molecule has 1 saturated heterocycles. The molecule has 0 aliphatic carbocycles. The van der Waals surface area contributed by atoms with Crippen LogP contribution in [0.1, 0.15) is 188 Å². The standard InChI is InChI=1S/C63H96O12/c1-4-7-10-13-16-19-22-25-27-28-30-32-34-37-40-43-46-49-55(64)71-52-54(73-56(65)50-47-44-41-38-35-31-24-21-18-15-12-9-6-3)53-72-63-61(59(68)58(67)60(75-63)62(69)70)74-57(66)51-48-45-42-39-36-33-29-26-23-20-17-14-11-8-5-2/h7-8,10-11,16-17,19-21,24-27,29-30,32,36-37,39-40,45,48,54,58-61,63,67-68H,4-6,9,12-15,18,22-23,28,31,33-35,38,41-44,46-47,49-53H2,1-3H3,(H,69,70)/b10-7-,11-8-,19-16-,20-17-,24-21-,27-25-,29-26-,32-30-,39-36-,40-37-,48-45-. The summed E-state index contributed by atoms with van der Waals surface area (Å²) >= 11 is 0. The van der Waals surface area contributed by atoms with Crippen molar-refractivity contribution < 1.29 is 58.2 Å². The fraction of sp³-hybridized carbons (Fsp3) is 0.587. The van der Waals surface area contributed by atoms with E-state index in [2.05, 4.69) is 118 Å². The molecule has 1 aliphatic rings. The normalized spacial score (nSPS) is 19.2. The molecular formula is C63H96O12. The van der Waals surface area contributed by atoms with E-state index in [4.69, 9.17) is 23.7 Å². The molecule has 12 nitrogen and oxygen atoms in total. The fourth-order valence-corrected chi connectivity index (χ4v) is 7.47. The first-order valence-electron chi connectivity index (χ1n) is 28.2. The maximum atomic E-state index is 13.1. The number of hydrogen-bond acceptors (Lipinski definition) is 11. The highest BCUT2D eigenvalue weighted by Gasteiger charge is 2.50. The van der Waals surface area contributed by atoms with E-state index < -0.39 is 67.3 Å². The first kappa shape index (κ1) is 67.9. The van der Waals surface area contributed by atoms with Gasteiger partial charge in [0.1, 0.15) is 18.8 Å². The van der Waals surface area contributed by atoms with E-state index in [1.807, 2.05) is 24.3 Å². The van der Waals surface area contributed by atoms with Crippen LogP contribution in [0.5, 0.6) is 0 Å². The van der Waals surface area contributed by atoms with E-state index >= 15 is 0 Å². The van der Waals surface area contributed by atoms with Crippen molar-refractivity contribution in [2.75, 3.05) is 13.2 Å². The maximum absolute atomic E-state index is 13.1. The fourth-order valence-electron chi connectivity index (χ4n) is 7.47. The summed E-state index contributed by atoms with van der Waals surface area (Å²) in [7, 11) is 0. The summed E-state index contributed by atoms with van der Waals surface area (Å²) in [6.45, 7) is 5.62. The van der Waals surface area contributed by atoms with Gasteiger partial charge >= 0.3 is 23.9 Å². The van der Waals surface area contributed by atoms with Gasteiger partial charge < -0.3 is 39.0 Å². The number of esters is 3. The van der Waals surface area contributed by atoms with Crippen molar-refractivity contribution in [2.45, 2.75) is 225 Å². The monoisotopic (exact) mass is 1040 g/mol. The van der Waals surface area contributed by atoms with E-state index in [1.54, 1.807) is 12.2 Å². The lowest BCUT2D eigenvalue weighted by atomic mass is 9.98. The van der Waals surface area contributed by atoms with E-state index in [1.165, 1.54) is 25.7 Å². The topological polar surface area (TPSA) is 175 Å². The van der Waals surface area contributed by atoms with Crippen LogP contribution in [0, 0.1) is 0 Å². The van der Waals surface area contributed by atoms with Gasteiger partial charge in [-0.1, -0.05) is 193 Å². The van der Waals surface area contributed by atoms with Gasteiger partial charge in [-0.3, -0.25) is 14.4 Å². The molecule has 0 amide bonds. The summed E-state index contributed by atoms with van der Waals surface area (Å²) in [5, 5.41) is 31.4. The number of aliphatic hydroxyl groups excluding tert-OH is 2. The minimum absolute atomic E-state index is 0.122. The third kappa shape index (κ3) is 39.9. The Labute approximate surface area is 451 Å².